The molecule has 0 saturated carbocycles. The van der Waals surface area contributed by atoms with Crippen molar-refractivity contribution in [2.24, 2.45) is 0 Å². The van der Waals surface area contributed by atoms with E-state index in [0.717, 1.165) is 18.8 Å². The largest absolute Gasteiger partial charge is 0.381 e. The van der Waals surface area contributed by atoms with Crippen LogP contribution in [-0.2, 0) is 12.1 Å². The lowest BCUT2D eigenvalue weighted by Crippen LogP contribution is -2.36. The first-order chi connectivity index (χ1) is 6.61. The molecule has 0 aliphatic rings. The van der Waals surface area contributed by atoms with Crippen LogP contribution in [0.15, 0.2) is 12.4 Å². The minimum atomic E-state index is -0.895. The van der Waals surface area contributed by atoms with Gasteiger partial charge in [0.25, 0.3) is 0 Å². The van der Waals surface area contributed by atoms with Crippen molar-refractivity contribution in [2.45, 2.75) is 32.4 Å². The van der Waals surface area contributed by atoms with E-state index in [4.69, 9.17) is 0 Å². The van der Waals surface area contributed by atoms with Gasteiger partial charge < -0.3 is 15.0 Å². The second-order valence-corrected chi connectivity index (χ2v) is 3.75. The molecule has 1 atom stereocenters. The molecular formula is C10H19N3O. The number of hydrogen-bond donors (Lipinski definition) is 2. The molecule has 4 nitrogen and oxygen atoms in total. The molecule has 0 bridgehead atoms. The van der Waals surface area contributed by atoms with Crippen molar-refractivity contribution in [1.82, 2.24) is 14.9 Å². The molecule has 0 saturated heterocycles. The standard InChI is InChI=1S/C10H19N3O/c1-4-6-13-7-5-12-9(13)10(2,14)8-11-3/h5,7,11,14H,4,6,8H2,1-3H3. The Kier molecular flexibility index (Phi) is 3.66. The predicted octanol–water partition coefficient (Wildman–Crippen LogP) is 0.720. The summed E-state index contributed by atoms with van der Waals surface area (Å²) >= 11 is 0. The predicted molar refractivity (Wildman–Crippen MR) is 56.0 cm³/mol. The Morgan fingerprint density at radius 2 is 2.36 bits per heavy atom. The fourth-order valence-corrected chi connectivity index (χ4v) is 1.62. The van der Waals surface area contributed by atoms with E-state index in [1.165, 1.54) is 0 Å². The van der Waals surface area contributed by atoms with Crippen LogP contribution in [0.4, 0.5) is 0 Å². The van der Waals surface area contributed by atoms with Crippen molar-refractivity contribution < 1.29 is 5.11 Å². The number of nitrogens with zero attached hydrogens (tertiary/aromatic N) is 2. The van der Waals surface area contributed by atoms with Crippen molar-refractivity contribution in [1.29, 1.82) is 0 Å². The first kappa shape index (κ1) is 11.2. The van der Waals surface area contributed by atoms with E-state index < -0.39 is 5.60 Å². The molecule has 0 aliphatic carbocycles. The molecule has 0 fully saturated rings. The van der Waals surface area contributed by atoms with Crippen LogP contribution >= 0.6 is 0 Å². The maximum atomic E-state index is 10.1. The summed E-state index contributed by atoms with van der Waals surface area (Å²) in [5.41, 5.74) is -0.895. The van der Waals surface area contributed by atoms with E-state index in [0.29, 0.717) is 6.54 Å². The fraction of sp³-hybridized carbons (Fsp3) is 0.700. The monoisotopic (exact) mass is 197 g/mol. The summed E-state index contributed by atoms with van der Waals surface area (Å²) in [5.74, 6) is 0.730. The summed E-state index contributed by atoms with van der Waals surface area (Å²) in [6.45, 7) is 5.29. The van der Waals surface area contributed by atoms with Crippen LogP contribution in [0.25, 0.3) is 0 Å². The molecular weight excluding hydrogens is 178 g/mol. The number of nitrogens with one attached hydrogen (secondary N) is 1. The first-order valence-electron chi connectivity index (χ1n) is 5.00. The number of aryl methyl sites for hydroxylation is 1. The molecule has 0 amide bonds. The SMILES string of the molecule is CCCn1ccnc1C(C)(O)CNC. The quantitative estimate of drug-likeness (QED) is 0.731. The molecule has 2 N–H and O–H groups in total. The topological polar surface area (TPSA) is 50.1 Å². The summed E-state index contributed by atoms with van der Waals surface area (Å²) in [4.78, 5) is 4.20. The van der Waals surface area contributed by atoms with Gasteiger partial charge >= 0.3 is 0 Å². The molecule has 0 spiro atoms. The third-order valence-corrected chi connectivity index (χ3v) is 2.18. The third-order valence-electron chi connectivity index (χ3n) is 2.18. The molecule has 1 aromatic rings. The molecule has 0 radical (unpaired) electrons. The van der Waals surface area contributed by atoms with Crippen LogP contribution in [-0.4, -0.2) is 28.3 Å². The van der Waals surface area contributed by atoms with Gasteiger partial charge in [0.1, 0.15) is 11.4 Å². The number of hydrogen-bond acceptors (Lipinski definition) is 3. The fourth-order valence-electron chi connectivity index (χ4n) is 1.62. The molecule has 0 aromatic carbocycles. The highest BCUT2D eigenvalue weighted by molar-refractivity contribution is 5.04. The summed E-state index contributed by atoms with van der Waals surface area (Å²) in [6.07, 6.45) is 4.68. The van der Waals surface area contributed by atoms with Gasteiger partial charge in [-0.1, -0.05) is 6.92 Å². The van der Waals surface area contributed by atoms with Gasteiger partial charge in [-0.2, -0.15) is 0 Å². The number of rotatable bonds is 5. The normalized spacial score (nSPS) is 15.4. The van der Waals surface area contributed by atoms with Gasteiger partial charge in [-0.05, 0) is 20.4 Å². The average Bonchev–Trinajstić information content (AvgIpc) is 2.53. The minimum absolute atomic E-state index is 0.508. The number of imidazole rings is 1. The van der Waals surface area contributed by atoms with E-state index in [1.807, 2.05) is 17.8 Å². The van der Waals surface area contributed by atoms with Gasteiger partial charge in [-0.3, -0.25) is 0 Å². The van der Waals surface area contributed by atoms with E-state index in [1.54, 1.807) is 13.1 Å². The van der Waals surface area contributed by atoms with Gasteiger partial charge in [0.05, 0.1) is 0 Å². The summed E-state index contributed by atoms with van der Waals surface area (Å²) in [6, 6.07) is 0. The van der Waals surface area contributed by atoms with Crippen molar-refractivity contribution in [3.63, 3.8) is 0 Å². The van der Waals surface area contributed by atoms with Gasteiger partial charge in [0, 0.05) is 25.5 Å². The van der Waals surface area contributed by atoms with Crippen molar-refractivity contribution in [3.05, 3.63) is 18.2 Å². The van der Waals surface area contributed by atoms with Crippen molar-refractivity contribution in [3.8, 4) is 0 Å². The lowest BCUT2D eigenvalue weighted by molar-refractivity contribution is 0.0460. The number of aliphatic hydroxyl groups is 1. The Hall–Kier alpha value is -0.870. The highest BCUT2D eigenvalue weighted by atomic mass is 16.3. The molecule has 1 aromatic heterocycles. The summed E-state index contributed by atoms with van der Waals surface area (Å²) in [7, 11) is 1.82. The molecule has 1 heterocycles. The molecule has 0 aliphatic heterocycles. The van der Waals surface area contributed by atoms with Gasteiger partial charge in [0.15, 0.2) is 0 Å². The number of likely N-dealkylation sites (N-methyl/N-ethyl adjacent to an activating group) is 1. The lowest BCUT2D eigenvalue weighted by Gasteiger charge is -2.23. The first-order valence-corrected chi connectivity index (χ1v) is 5.00. The molecule has 4 heteroatoms. The van der Waals surface area contributed by atoms with Crippen LogP contribution in [0.2, 0.25) is 0 Å². The zero-order valence-corrected chi connectivity index (χ0v) is 9.12. The van der Waals surface area contributed by atoms with E-state index >= 15 is 0 Å². The van der Waals surface area contributed by atoms with E-state index in [9.17, 15) is 5.11 Å². The molecule has 14 heavy (non-hydrogen) atoms. The van der Waals surface area contributed by atoms with Gasteiger partial charge in [0.2, 0.25) is 0 Å². The Morgan fingerprint density at radius 3 is 2.93 bits per heavy atom. The maximum Gasteiger partial charge on any atom is 0.141 e. The Bertz CT molecular complexity index is 281. The third kappa shape index (κ3) is 2.33. The molecule has 1 unspecified atom stereocenters. The van der Waals surface area contributed by atoms with Crippen molar-refractivity contribution >= 4 is 0 Å². The van der Waals surface area contributed by atoms with E-state index in [-0.39, 0.29) is 0 Å². The zero-order valence-electron chi connectivity index (χ0n) is 9.12. The van der Waals surface area contributed by atoms with Gasteiger partial charge in [-0.25, -0.2) is 4.98 Å². The minimum Gasteiger partial charge on any atom is -0.381 e. The van der Waals surface area contributed by atoms with Crippen LogP contribution in [0.3, 0.4) is 0 Å². The Labute approximate surface area is 85.0 Å². The zero-order chi connectivity index (χ0) is 10.6. The number of aromatic nitrogens is 2. The lowest BCUT2D eigenvalue weighted by atomic mass is 10.1. The van der Waals surface area contributed by atoms with Crippen LogP contribution in [0.5, 0.6) is 0 Å². The average molecular weight is 197 g/mol. The van der Waals surface area contributed by atoms with Gasteiger partial charge in [-0.15, -0.1) is 0 Å². The second kappa shape index (κ2) is 4.57. The maximum absolute atomic E-state index is 10.1. The molecule has 80 valence electrons. The highest BCUT2D eigenvalue weighted by Crippen LogP contribution is 2.17. The van der Waals surface area contributed by atoms with Crippen LogP contribution < -0.4 is 5.32 Å². The van der Waals surface area contributed by atoms with Crippen LogP contribution in [0, 0.1) is 0 Å². The Morgan fingerprint density at radius 1 is 1.64 bits per heavy atom. The molecule has 1 rings (SSSR count). The Balaban J connectivity index is 2.87. The summed E-state index contributed by atoms with van der Waals surface area (Å²) < 4.78 is 2.00. The second-order valence-electron chi connectivity index (χ2n) is 3.75. The smallest absolute Gasteiger partial charge is 0.141 e. The van der Waals surface area contributed by atoms with Crippen molar-refractivity contribution in [2.75, 3.05) is 13.6 Å². The van der Waals surface area contributed by atoms with Crippen LogP contribution in [0.1, 0.15) is 26.1 Å². The summed E-state index contributed by atoms with van der Waals surface area (Å²) in [5, 5.41) is 13.1. The highest BCUT2D eigenvalue weighted by Gasteiger charge is 2.26. The van der Waals surface area contributed by atoms with E-state index in [2.05, 4.69) is 17.2 Å².